The smallest absolute Gasteiger partial charge is 0.130 e. The summed E-state index contributed by atoms with van der Waals surface area (Å²) >= 11 is 0. The monoisotopic (exact) mass is 227 g/mol. The van der Waals surface area contributed by atoms with E-state index in [1.807, 2.05) is 0 Å². The van der Waals surface area contributed by atoms with Gasteiger partial charge in [0.1, 0.15) is 5.75 Å². The predicted octanol–water partition coefficient (Wildman–Crippen LogP) is 3.05. The van der Waals surface area contributed by atoms with E-state index in [0.717, 1.165) is 25.2 Å². The molecule has 88 valence electrons. The molecule has 1 atom stereocenters. The summed E-state index contributed by atoms with van der Waals surface area (Å²) in [6, 6.07) is 12.7. The number of fused-ring (bicyclic) bond motifs is 3. The highest BCUT2D eigenvalue weighted by molar-refractivity contribution is 5.89. The summed E-state index contributed by atoms with van der Waals surface area (Å²) in [6.07, 6.45) is 2.21. The first-order valence-corrected chi connectivity index (χ1v) is 6.24. The average Bonchev–Trinajstić information content (AvgIpc) is 2.60. The van der Waals surface area contributed by atoms with Crippen molar-refractivity contribution in [2.45, 2.75) is 18.8 Å². The SMILES string of the molecule is NCC1CCCOc2c1ccc1ccccc21. The Morgan fingerprint density at radius 1 is 1.18 bits per heavy atom. The second-order valence-electron chi connectivity index (χ2n) is 4.63. The van der Waals surface area contributed by atoms with Gasteiger partial charge in [0.05, 0.1) is 6.61 Å². The van der Waals surface area contributed by atoms with Gasteiger partial charge in [-0.3, -0.25) is 0 Å². The molecule has 0 spiro atoms. The highest BCUT2D eigenvalue weighted by Gasteiger charge is 2.20. The summed E-state index contributed by atoms with van der Waals surface area (Å²) in [5, 5.41) is 2.45. The van der Waals surface area contributed by atoms with Crippen LogP contribution >= 0.6 is 0 Å². The van der Waals surface area contributed by atoms with Crippen LogP contribution in [0.5, 0.6) is 5.75 Å². The first-order chi connectivity index (χ1) is 8.40. The summed E-state index contributed by atoms with van der Waals surface area (Å²) in [4.78, 5) is 0. The Morgan fingerprint density at radius 2 is 2.06 bits per heavy atom. The molecule has 1 aliphatic rings. The summed E-state index contributed by atoms with van der Waals surface area (Å²) < 4.78 is 5.94. The van der Waals surface area contributed by atoms with Gasteiger partial charge in [-0.25, -0.2) is 0 Å². The molecule has 2 heteroatoms. The van der Waals surface area contributed by atoms with Crippen LogP contribution in [0.3, 0.4) is 0 Å². The number of rotatable bonds is 1. The molecule has 3 rings (SSSR count). The topological polar surface area (TPSA) is 35.2 Å². The zero-order valence-electron chi connectivity index (χ0n) is 9.86. The molecule has 1 aliphatic heterocycles. The van der Waals surface area contributed by atoms with E-state index in [1.54, 1.807) is 0 Å². The Bertz CT molecular complexity index is 535. The normalized spacial score (nSPS) is 19.5. The van der Waals surface area contributed by atoms with Gasteiger partial charge < -0.3 is 10.5 Å². The minimum absolute atomic E-state index is 0.442. The third-order valence-electron chi connectivity index (χ3n) is 3.58. The van der Waals surface area contributed by atoms with Crippen LogP contribution in [-0.2, 0) is 0 Å². The van der Waals surface area contributed by atoms with Gasteiger partial charge in [-0.15, -0.1) is 0 Å². The van der Waals surface area contributed by atoms with E-state index < -0.39 is 0 Å². The Kier molecular flexibility index (Phi) is 2.73. The van der Waals surface area contributed by atoms with Crippen LogP contribution in [0.1, 0.15) is 24.3 Å². The standard InChI is InChI=1S/C15H17NO/c16-10-12-5-3-9-17-15-13-6-2-1-4-11(13)7-8-14(12)15/h1-2,4,6-8,12H,3,5,9-10,16H2. The molecule has 0 saturated carbocycles. The van der Waals surface area contributed by atoms with Gasteiger partial charge in [-0.2, -0.15) is 0 Å². The molecule has 2 aromatic carbocycles. The maximum Gasteiger partial charge on any atom is 0.130 e. The first-order valence-electron chi connectivity index (χ1n) is 6.24. The van der Waals surface area contributed by atoms with Crippen molar-refractivity contribution < 1.29 is 4.74 Å². The van der Waals surface area contributed by atoms with Crippen molar-refractivity contribution in [2.24, 2.45) is 5.73 Å². The van der Waals surface area contributed by atoms with Gasteiger partial charge in [-0.05, 0) is 36.3 Å². The molecule has 0 bridgehead atoms. The Balaban J connectivity index is 2.23. The summed E-state index contributed by atoms with van der Waals surface area (Å²) in [6.45, 7) is 1.51. The van der Waals surface area contributed by atoms with Gasteiger partial charge in [-0.1, -0.05) is 36.4 Å². The summed E-state index contributed by atoms with van der Waals surface area (Å²) in [5.74, 6) is 1.49. The van der Waals surface area contributed by atoms with Crippen LogP contribution in [0.25, 0.3) is 10.8 Å². The average molecular weight is 227 g/mol. The maximum absolute atomic E-state index is 5.94. The van der Waals surface area contributed by atoms with Crippen molar-refractivity contribution in [3.8, 4) is 5.75 Å². The van der Waals surface area contributed by atoms with Crippen LogP contribution in [0.4, 0.5) is 0 Å². The van der Waals surface area contributed by atoms with Gasteiger partial charge in [0.25, 0.3) is 0 Å². The molecule has 0 aromatic heterocycles. The van der Waals surface area contributed by atoms with E-state index in [4.69, 9.17) is 10.5 Å². The van der Waals surface area contributed by atoms with Crippen molar-refractivity contribution in [2.75, 3.05) is 13.2 Å². The van der Waals surface area contributed by atoms with E-state index in [0.29, 0.717) is 12.5 Å². The van der Waals surface area contributed by atoms with Crippen LogP contribution in [0, 0.1) is 0 Å². The quantitative estimate of drug-likeness (QED) is 0.812. The van der Waals surface area contributed by atoms with Crippen molar-refractivity contribution in [1.82, 2.24) is 0 Å². The molecule has 0 amide bonds. The largest absolute Gasteiger partial charge is 0.493 e. The molecule has 2 aromatic rings. The third-order valence-corrected chi connectivity index (χ3v) is 3.58. The molecule has 0 fully saturated rings. The molecule has 2 nitrogen and oxygen atoms in total. The zero-order valence-corrected chi connectivity index (χ0v) is 9.86. The summed E-state index contributed by atoms with van der Waals surface area (Å²) in [5.41, 5.74) is 7.16. The molecule has 2 N–H and O–H groups in total. The van der Waals surface area contributed by atoms with E-state index in [9.17, 15) is 0 Å². The second kappa shape index (κ2) is 4.38. The Hall–Kier alpha value is -1.54. The fraction of sp³-hybridized carbons (Fsp3) is 0.333. The van der Waals surface area contributed by atoms with Crippen molar-refractivity contribution >= 4 is 10.8 Å². The number of benzene rings is 2. The predicted molar refractivity (Wildman–Crippen MR) is 70.5 cm³/mol. The lowest BCUT2D eigenvalue weighted by Crippen LogP contribution is -2.11. The maximum atomic E-state index is 5.94. The van der Waals surface area contributed by atoms with Crippen LogP contribution in [0.2, 0.25) is 0 Å². The van der Waals surface area contributed by atoms with E-state index >= 15 is 0 Å². The first kappa shape index (κ1) is 10.6. The molecule has 0 aliphatic carbocycles. The molecule has 0 saturated heterocycles. The van der Waals surface area contributed by atoms with E-state index in [1.165, 1.54) is 16.3 Å². The van der Waals surface area contributed by atoms with Gasteiger partial charge in [0.2, 0.25) is 0 Å². The second-order valence-corrected chi connectivity index (χ2v) is 4.63. The lowest BCUT2D eigenvalue weighted by Gasteiger charge is -2.16. The number of ether oxygens (including phenoxy) is 1. The van der Waals surface area contributed by atoms with Crippen molar-refractivity contribution in [3.63, 3.8) is 0 Å². The van der Waals surface area contributed by atoms with E-state index in [2.05, 4.69) is 36.4 Å². The Morgan fingerprint density at radius 3 is 2.94 bits per heavy atom. The van der Waals surface area contributed by atoms with E-state index in [-0.39, 0.29) is 0 Å². The highest BCUT2D eigenvalue weighted by Crippen LogP contribution is 2.37. The lowest BCUT2D eigenvalue weighted by atomic mass is 9.92. The van der Waals surface area contributed by atoms with Crippen LogP contribution in [-0.4, -0.2) is 13.2 Å². The third kappa shape index (κ3) is 1.79. The molecule has 17 heavy (non-hydrogen) atoms. The number of hydrogen-bond acceptors (Lipinski definition) is 2. The van der Waals surface area contributed by atoms with Gasteiger partial charge in [0.15, 0.2) is 0 Å². The minimum Gasteiger partial charge on any atom is -0.493 e. The number of nitrogens with two attached hydrogens (primary N) is 1. The van der Waals surface area contributed by atoms with Crippen molar-refractivity contribution in [1.29, 1.82) is 0 Å². The highest BCUT2D eigenvalue weighted by atomic mass is 16.5. The minimum atomic E-state index is 0.442. The summed E-state index contributed by atoms with van der Waals surface area (Å²) in [7, 11) is 0. The van der Waals surface area contributed by atoms with Crippen LogP contribution < -0.4 is 10.5 Å². The van der Waals surface area contributed by atoms with Crippen LogP contribution in [0.15, 0.2) is 36.4 Å². The zero-order chi connectivity index (χ0) is 11.7. The molecule has 1 unspecified atom stereocenters. The van der Waals surface area contributed by atoms with Gasteiger partial charge in [0, 0.05) is 5.39 Å². The molecule has 0 radical (unpaired) electrons. The molecule has 1 heterocycles. The molecular formula is C15H17NO. The Labute approximate surface area is 101 Å². The van der Waals surface area contributed by atoms with Gasteiger partial charge >= 0.3 is 0 Å². The van der Waals surface area contributed by atoms with Crippen molar-refractivity contribution in [3.05, 3.63) is 42.0 Å². The molecular weight excluding hydrogens is 210 g/mol. The lowest BCUT2D eigenvalue weighted by molar-refractivity contribution is 0.319. The fourth-order valence-electron chi connectivity index (χ4n) is 2.65. The number of hydrogen-bond donors (Lipinski definition) is 1. The fourth-order valence-corrected chi connectivity index (χ4v) is 2.65.